The van der Waals surface area contributed by atoms with Crippen molar-refractivity contribution in [3.8, 4) is 11.1 Å². The summed E-state index contributed by atoms with van der Waals surface area (Å²) < 4.78 is 8.21. The molecule has 5 aromatic rings. The molecule has 0 saturated heterocycles. The van der Waals surface area contributed by atoms with E-state index in [9.17, 15) is 9.59 Å². The molecule has 0 spiro atoms. The van der Waals surface area contributed by atoms with Crippen molar-refractivity contribution in [2.45, 2.75) is 53.1 Å². The molecule has 0 bridgehead atoms. The number of aromatic nitrogens is 4. The van der Waals surface area contributed by atoms with Gasteiger partial charge in [0.2, 0.25) is 0 Å². The summed E-state index contributed by atoms with van der Waals surface area (Å²) >= 11 is 1.46. The van der Waals surface area contributed by atoms with Gasteiger partial charge in [-0.2, -0.15) is 5.10 Å². The molecule has 0 fully saturated rings. The summed E-state index contributed by atoms with van der Waals surface area (Å²) in [5.74, 6) is 0.505. The van der Waals surface area contributed by atoms with Crippen molar-refractivity contribution < 1.29 is 14.3 Å². The third-order valence-corrected chi connectivity index (χ3v) is 9.55. The van der Waals surface area contributed by atoms with E-state index in [0.29, 0.717) is 41.1 Å². The summed E-state index contributed by atoms with van der Waals surface area (Å²) in [6, 6.07) is 17.5. The second-order valence-electron chi connectivity index (χ2n) is 11.1. The number of hydrogen-bond donors (Lipinski definition) is 1. The summed E-state index contributed by atoms with van der Waals surface area (Å²) in [4.78, 5) is 38.0. The number of amides is 1. The van der Waals surface area contributed by atoms with Crippen LogP contribution in [-0.2, 0) is 24.2 Å². The lowest BCUT2D eigenvalue weighted by molar-refractivity contribution is 0.0595. The summed E-state index contributed by atoms with van der Waals surface area (Å²) in [5, 5.41) is 8.22. The fourth-order valence-electron chi connectivity index (χ4n) is 5.86. The molecule has 6 rings (SSSR count). The molecule has 3 aromatic heterocycles. The topological polar surface area (TPSA) is 102 Å². The van der Waals surface area contributed by atoms with E-state index in [0.717, 1.165) is 58.4 Å². The average Bonchev–Trinajstić information content (AvgIpc) is 3.64. The summed E-state index contributed by atoms with van der Waals surface area (Å²) in [5.41, 5.74) is 6.35. The third-order valence-electron chi connectivity index (χ3n) is 8.59. The van der Waals surface area contributed by atoms with Crippen molar-refractivity contribution >= 4 is 44.4 Å². The fourth-order valence-corrected chi connectivity index (χ4v) is 6.72. The number of nitrogens with one attached hydrogen (secondary N) is 1. The van der Waals surface area contributed by atoms with E-state index in [4.69, 9.17) is 9.72 Å². The van der Waals surface area contributed by atoms with E-state index >= 15 is 0 Å². The lowest BCUT2D eigenvalue weighted by Crippen LogP contribution is -2.33. The largest absolute Gasteiger partial charge is 0.464 e. The molecule has 1 amide bonds. The van der Waals surface area contributed by atoms with Crippen LogP contribution in [0, 0.1) is 12.8 Å². The Balaban J connectivity index is 1.28. The predicted octanol–water partition coefficient (Wildman–Crippen LogP) is 6.90. The molecule has 1 aliphatic heterocycles. The minimum absolute atomic E-state index is 0.192. The first-order chi connectivity index (χ1) is 21.4. The van der Waals surface area contributed by atoms with E-state index in [2.05, 4.69) is 40.2 Å². The molecule has 4 heterocycles. The van der Waals surface area contributed by atoms with Gasteiger partial charge in [-0.05, 0) is 60.7 Å². The Hall–Kier alpha value is -4.57. The molecule has 9 nitrogen and oxygen atoms in total. The number of pyridine rings is 1. The normalized spacial score (nSPS) is 12.9. The van der Waals surface area contributed by atoms with Gasteiger partial charge in [0.15, 0.2) is 10.8 Å². The number of carbonyl (C=O) groups is 2. The Morgan fingerprint density at radius 2 is 1.84 bits per heavy atom. The number of rotatable bonds is 9. The summed E-state index contributed by atoms with van der Waals surface area (Å²) in [6.07, 6.45) is 4.73. The molecular weight excluding hydrogens is 572 g/mol. The first kappa shape index (κ1) is 29.5. The number of thiazole rings is 1. The number of hydrogen-bond acceptors (Lipinski definition) is 8. The van der Waals surface area contributed by atoms with Gasteiger partial charge in [-0.15, -0.1) is 0 Å². The van der Waals surface area contributed by atoms with Crippen LogP contribution in [0.25, 0.3) is 21.3 Å². The van der Waals surface area contributed by atoms with Gasteiger partial charge in [-0.25, -0.2) is 14.8 Å². The van der Waals surface area contributed by atoms with Gasteiger partial charge in [0.1, 0.15) is 5.82 Å². The number of anilines is 2. The summed E-state index contributed by atoms with van der Waals surface area (Å²) in [6.45, 7) is 8.45. The molecule has 2 aromatic carbocycles. The van der Waals surface area contributed by atoms with Gasteiger partial charge in [0.05, 0.1) is 23.5 Å². The zero-order valence-corrected chi connectivity index (χ0v) is 26.3. The third kappa shape index (κ3) is 5.69. The highest BCUT2D eigenvalue weighted by Gasteiger charge is 2.26. The average molecular weight is 609 g/mol. The quantitative estimate of drug-likeness (QED) is 0.182. The number of carbonyl (C=O) groups excluding carboxylic acids is 2. The maximum Gasteiger partial charge on any atom is 0.357 e. The van der Waals surface area contributed by atoms with E-state index in [1.165, 1.54) is 18.4 Å². The maximum atomic E-state index is 13.5. The second-order valence-corrected chi connectivity index (χ2v) is 12.2. The van der Waals surface area contributed by atoms with Crippen LogP contribution in [-0.4, -0.2) is 45.3 Å². The van der Waals surface area contributed by atoms with Crippen LogP contribution >= 0.6 is 11.3 Å². The molecule has 1 aliphatic rings. The Morgan fingerprint density at radius 3 is 2.61 bits per heavy atom. The van der Waals surface area contributed by atoms with Gasteiger partial charge >= 0.3 is 5.97 Å². The SMILES string of the molecule is CCC(CC)Cn1ncc(-c2ccc(N3CCc4cccc(C(=O)Nc5nc6ccccc6s5)c4C3)nc2C(=O)OC)c1C. The Labute approximate surface area is 260 Å². The molecule has 0 radical (unpaired) electrons. The van der Waals surface area contributed by atoms with Crippen LogP contribution in [0.4, 0.5) is 10.9 Å². The molecular formula is C34H36N6O3S. The van der Waals surface area contributed by atoms with Crippen molar-refractivity contribution in [1.82, 2.24) is 19.7 Å². The lowest BCUT2D eigenvalue weighted by atomic mass is 9.94. The highest BCUT2D eigenvalue weighted by Crippen LogP contribution is 2.32. The second kappa shape index (κ2) is 12.6. The molecule has 0 aliphatic carbocycles. The van der Waals surface area contributed by atoms with Crippen LogP contribution < -0.4 is 10.2 Å². The maximum absolute atomic E-state index is 13.5. The molecule has 1 N–H and O–H groups in total. The first-order valence-corrected chi connectivity index (χ1v) is 15.9. The van der Waals surface area contributed by atoms with E-state index < -0.39 is 5.97 Å². The van der Waals surface area contributed by atoms with E-state index in [-0.39, 0.29) is 11.6 Å². The molecule has 0 unspecified atom stereocenters. The van der Waals surface area contributed by atoms with Crippen LogP contribution in [0.2, 0.25) is 0 Å². The predicted molar refractivity (Wildman–Crippen MR) is 174 cm³/mol. The minimum atomic E-state index is -0.498. The molecule has 226 valence electrons. The highest BCUT2D eigenvalue weighted by molar-refractivity contribution is 7.22. The molecule has 44 heavy (non-hydrogen) atoms. The van der Waals surface area contributed by atoms with Crippen LogP contribution in [0.3, 0.4) is 0 Å². The number of fused-ring (bicyclic) bond motifs is 2. The number of esters is 1. The minimum Gasteiger partial charge on any atom is -0.464 e. The number of benzene rings is 2. The van der Waals surface area contributed by atoms with Gasteiger partial charge in [-0.3, -0.25) is 14.8 Å². The van der Waals surface area contributed by atoms with E-state index in [1.54, 1.807) is 0 Å². The Bertz CT molecular complexity index is 1810. The molecule has 0 atom stereocenters. The standard InChI is InChI=1S/C34H36N6O3S/c1-5-22(6-2)19-40-21(3)26(18-35-40)24-14-15-30(37-31(24)33(42)43-4)39-17-16-23-10-9-11-25(27(23)20-39)32(41)38-34-36-28-12-7-8-13-29(28)44-34/h7-15,18,22H,5-6,16-17,19-20H2,1-4H3,(H,36,38,41). The zero-order chi connectivity index (χ0) is 30.8. The summed E-state index contributed by atoms with van der Waals surface area (Å²) in [7, 11) is 1.37. The smallest absolute Gasteiger partial charge is 0.357 e. The van der Waals surface area contributed by atoms with E-state index in [1.807, 2.05) is 66.3 Å². The number of nitrogens with zero attached hydrogens (tertiary/aromatic N) is 5. The van der Waals surface area contributed by atoms with Gasteiger partial charge < -0.3 is 9.64 Å². The first-order valence-electron chi connectivity index (χ1n) is 15.0. The van der Waals surface area contributed by atoms with Crippen LogP contribution in [0.5, 0.6) is 0 Å². The number of ether oxygens (including phenoxy) is 1. The van der Waals surface area contributed by atoms with Crippen molar-refractivity contribution in [2.75, 3.05) is 23.9 Å². The Morgan fingerprint density at radius 1 is 1.02 bits per heavy atom. The lowest BCUT2D eigenvalue weighted by Gasteiger charge is -2.31. The van der Waals surface area contributed by atoms with Gasteiger partial charge in [0.25, 0.3) is 5.91 Å². The van der Waals surface area contributed by atoms with Crippen LogP contribution in [0.15, 0.2) is 60.8 Å². The van der Waals surface area contributed by atoms with Crippen LogP contribution in [0.1, 0.15) is 64.4 Å². The zero-order valence-electron chi connectivity index (χ0n) is 25.5. The van der Waals surface area contributed by atoms with Crippen molar-refractivity contribution in [2.24, 2.45) is 5.92 Å². The van der Waals surface area contributed by atoms with Gasteiger partial charge in [-0.1, -0.05) is 62.3 Å². The monoisotopic (exact) mass is 608 g/mol. The fraction of sp³-hybridized carbons (Fsp3) is 0.324. The number of para-hydroxylation sites is 1. The molecule has 10 heteroatoms. The van der Waals surface area contributed by atoms with Crippen molar-refractivity contribution in [1.29, 1.82) is 0 Å². The Kier molecular flexibility index (Phi) is 8.43. The van der Waals surface area contributed by atoms with Crippen molar-refractivity contribution in [3.05, 3.63) is 88.9 Å². The van der Waals surface area contributed by atoms with Crippen molar-refractivity contribution in [3.63, 3.8) is 0 Å². The molecule has 0 saturated carbocycles. The van der Waals surface area contributed by atoms with Gasteiger partial charge in [0, 0.05) is 42.0 Å². The number of methoxy groups -OCH3 is 1. The highest BCUT2D eigenvalue weighted by atomic mass is 32.1.